The third-order valence-electron chi connectivity index (χ3n) is 2.26. The summed E-state index contributed by atoms with van der Waals surface area (Å²) in [5, 5.41) is -0.238. The van der Waals surface area contributed by atoms with Crippen molar-refractivity contribution < 1.29 is 8.42 Å². The van der Waals surface area contributed by atoms with Gasteiger partial charge in [-0.05, 0) is 32.0 Å². The summed E-state index contributed by atoms with van der Waals surface area (Å²) in [7, 11) is -3.89. The molecule has 0 aliphatic rings. The molecule has 8 heteroatoms. The first-order chi connectivity index (χ1) is 8.88. The molecule has 0 saturated carbocycles. The number of sulfonamides is 1. The van der Waals surface area contributed by atoms with Crippen molar-refractivity contribution in [1.29, 1.82) is 0 Å². The summed E-state index contributed by atoms with van der Waals surface area (Å²) < 4.78 is 26.5. The molecule has 0 bridgehead atoms. The van der Waals surface area contributed by atoms with Gasteiger partial charge in [-0.3, -0.25) is 0 Å². The molecule has 0 radical (unpaired) electrons. The fourth-order valence-corrected chi connectivity index (χ4v) is 2.57. The highest BCUT2D eigenvalue weighted by atomic mass is 32.2. The molecule has 0 aliphatic heterocycles. The van der Waals surface area contributed by atoms with Gasteiger partial charge in [0.05, 0.1) is 5.69 Å². The summed E-state index contributed by atoms with van der Waals surface area (Å²) in [4.78, 5) is 11.8. The lowest BCUT2D eigenvalue weighted by molar-refractivity contribution is 0.597. The molecular formula is C11H13N5O2S. The van der Waals surface area contributed by atoms with Crippen molar-refractivity contribution >= 4 is 21.7 Å². The van der Waals surface area contributed by atoms with Gasteiger partial charge in [0.1, 0.15) is 0 Å². The van der Waals surface area contributed by atoms with Gasteiger partial charge < -0.3 is 5.73 Å². The standard InChI is InChI=1S/C11H13N5O2S/c1-7-6-8(2)15-11(14-7)16-19(17,18)10-9(12)4-3-5-13-10/h3-6H,12H2,1-2H3,(H,14,15,16). The highest BCUT2D eigenvalue weighted by Crippen LogP contribution is 2.17. The Morgan fingerprint density at radius 1 is 1.21 bits per heavy atom. The molecule has 2 aromatic rings. The predicted octanol–water partition coefficient (Wildman–Crippen LogP) is 0.871. The Balaban J connectivity index is 2.39. The Kier molecular flexibility index (Phi) is 3.34. The number of nitrogens with two attached hydrogens (primary N) is 1. The van der Waals surface area contributed by atoms with E-state index < -0.39 is 10.0 Å². The van der Waals surface area contributed by atoms with Crippen LogP contribution >= 0.6 is 0 Å². The molecule has 2 aromatic heterocycles. The SMILES string of the molecule is Cc1cc(C)nc(NS(=O)(=O)c2ncccc2N)n1. The molecule has 0 spiro atoms. The maximum Gasteiger partial charge on any atom is 0.283 e. The van der Waals surface area contributed by atoms with Crippen LogP contribution < -0.4 is 10.5 Å². The van der Waals surface area contributed by atoms with Gasteiger partial charge in [-0.25, -0.2) is 19.7 Å². The average molecular weight is 279 g/mol. The highest BCUT2D eigenvalue weighted by molar-refractivity contribution is 7.92. The van der Waals surface area contributed by atoms with Crippen LogP contribution in [0.15, 0.2) is 29.4 Å². The largest absolute Gasteiger partial charge is 0.396 e. The number of aromatic nitrogens is 3. The average Bonchev–Trinajstić information content (AvgIpc) is 2.26. The summed E-state index contributed by atoms with van der Waals surface area (Å²) in [6.45, 7) is 3.50. The summed E-state index contributed by atoms with van der Waals surface area (Å²) in [6.07, 6.45) is 1.35. The molecule has 3 N–H and O–H groups in total. The van der Waals surface area contributed by atoms with E-state index in [0.29, 0.717) is 11.4 Å². The first-order valence-electron chi connectivity index (χ1n) is 5.44. The monoisotopic (exact) mass is 279 g/mol. The van der Waals surface area contributed by atoms with E-state index in [-0.39, 0.29) is 16.7 Å². The van der Waals surface area contributed by atoms with Gasteiger partial charge in [-0.15, -0.1) is 0 Å². The van der Waals surface area contributed by atoms with Crippen molar-refractivity contribution in [2.24, 2.45) is 0 Å². The van der Waals surface area contributed by atoms with Crippen LogP contribution in [0.3, 0.4) is 0 Å². The van der Waals surface area contributed by atoms with E-state index in [1.807, 2.05) is 0 Å². The van der Waals surface area contributed by atoms with Crippen molar-refractivity contribution in [3.63, 3.8) is 0 Å². The molecule has 100 valence electrons. The first-order valence-corrected chi connectivity index (χ1v) is 6.92. The topological polar surface area (TPSA) is 111 Å². The Morgan fingerprint density at radius 2 is 1.84 bits per heavy atom. The van der Waals surface area contributed by atoms with E-state index in [9.17, 15) is 8.42 Å². The lowest BCUT2D eigenvalue weighted by Gasteiger charge is -2.08. The minimum Gasteiger partial charge on any atom is -0.396 e. The molecule has 0 amide bonds. The van der Waals surface area contributed by atoms with Gasteiger partial charge in [-0.1, -0.05) is 0 Å². The normalized spacial score (nSPS) is 11.3. The van der Waals surface area contributed by atoms with Gasteiger partial charge in [0.2, 0.25) is 5.95 Å². The van der Waals surface area contributed by atoms with E-state index >= 15 is 0 Å². The molecule has 0 unspecified atom stereocenters. The fourth-order valence-electron chi connectivity index (χ4n) is 1.57. The minimum atomic E-state index is -3.89. The number of anilines is 2. The summed E-state index contributed by atoms with van der Waals surface area (Å²) in [6, 6.07) is 4.76. The maximum absolute atomic E-state index is 12.1. The van der Waals surface area contributed by atoms with Crippen LogP contribution in [-0.4, -0.2) is 23.4 Å². The number of hydrogen-bond donors (Lipinski definition) is 2. The lowest BCUT2D eigenvalue weighted by atomic mass is 10.4. The predicted molar refractivity (Wildman–Crippen MR) is 71.0 cm³/mol. The molecule has 0 aliphatic carbocycles. The summed E-state index contributed by atoms with van der Waals surface area (Å²) in [5.41, 5.74) is 7.00. The van der Waals surface area contributed by atoms with Crippen molar-refractivity contribution in [2.45, 2.75) is 18.9 Å². The zero-order valence-corrected chi connectivity index (χ0v) is 11.3. The molecular weight excluding hydrogens is 266 g/mol. The van der Waals surface area contributed by atoms with Crippen molar-refractivity contribution in [3.05, 3.63) is 35.8 Å². The van der Waals surface area contributed by atoms with Crippen molar-refractivity contribution in [2.75, 3.05) is 10.5 Å². The molecule has 0 atom stereocenters. The smallest absolute Gasteiger partial charge is 0.283 e. The number of aryl methyl sites for hydroxylation is 2. The van der Waals surface area contributed by atoms with Crippen LogP contribution in [0.2, 0.25) is 0 Å². The number of rotatable bonds is 3. The zero-order valence-electron chi connectivity index (χ0n) is 10.5. The second kappa shape index (κ2) is 4.81. The van der Waals surface area contributed by atoms with E-state index in [2.05, 4.69) is 19.7 Å². The summed E-state index contributed by atoms with van der Waals surface area (Å²) >= 11 is 0. The maximum atomic E-state index is 12.1. The lowest BCUT2D eigenvalue weighted by Crippen LogP contribution is -2.18. The van der Waals surface area contributed by atoms with Gasteiger partial charge in [-0.2, -0.15) is 8.42 Å². The number of hydrogen-bond acceptors (Lipinski definition) is 6. The third kappa shape index (κ3) is 2.97. The molecule has 19 heavy (non-hydrogen) atoms. The van der Waals surface area contributed by atoms with Gasteiger partial charge >= 0.3 is 0 Å². The van der Waals surface area contributed by atoms with Crippen molar-refractivity contribution in [3.8, 4) is 0 Å². The zero-order chi connectivity index (χ0) is 14.0. The minimum absolute atomic E-state index is 0.00236. The number of nitrogen functional groups attached to an aromatic ring is 1. The van der Waals surface area contributed by atoms with E-state index in [1.165, 1.54) is 12.3 Å². The molecule has 7 nitrogen and oxygen atoms in total. The van der Waals surface area contributed by atoms with Crippen LogP contribution in [0.25, 0.3) is 0 Å². The van der Waals surface area contributed by atoms with Crippen molar-refractivity contribution in [1.82, 2.24) is 15.0 Å². The highest BCUT2D eigenvalue weighted by Gasteiger charge is 2.20. The first kappa shape index (κ1) is 13.2. The Morgan fingerprint density at radius 3 is 2.42 bits per heavy atom. The fraction of sp³-hybridized carbons (Fsp3) is 0.182. The Hall–Kier alpha value is -2.22. The molecule has 0 aromatic carbocycles. The molecule has 0 fully saturated rings. The van der Waals surface area contributed by atoms with E-state index in [0.717, 1.165) is 0 Å². The number of nitrogens with zero attached hydrogens (tertiary/aromatic N) is 3. The molecule has 0 saturated heterocycles. The van der Waals surface area contributed by atoms with Gasteiger partial charge in [0.25, 0.3) is 10.0 Å². The van der Waals surface area contributed by atoms with Crippen LogP contribution in [0.1, 0.15) is 11.4 Å². The van der Waals surface area contributed by atoms with E-state index in [1.54, 1.807) is 26.0 Å². The van der Waals surface area contributed by atoms with E-state index in [4.69, 9.17) is 5.73 Å². The third-order valence-corrected chi connectivity index (χ3v) is 3.56. The van der Waals surface area contributed by atoms with Crippen LogP contribution in [-0.2, 0) is 10.0 Å². The Bertz CT molecular complexity index is 695. The number of nitrogens with one attached hydrogen (secondary N) is 1. The summed E-state index contributed by atoms with van der Waals surface area (Å²) in [5.74, 6) is 0.00236. The number of pyridine rings is 1. The van der Waals surface area contributed by atoms with Crippen LogP contribution in [0.5, 0.6) is 0 Å². The quantitative estimate of drug-likeness (QED) is 0.862. The van der Waals surface area contributed by atoms with Crippen LogP contribution in [0, 0.1) is 13.8 Å². The van der Waals surface area contributed by atoms with Gasteiger partial charge in [0, 0.05) is 17.6 Å². The molecule has 2 heterocycles. The second-order valence-corrected chi connectivity index (χ2v) is 5.58. The Labute approximate surface area is 111 Å². The van der Waals surface area contributed by atoms with Gasteiger partial charge in [0.15, 0.2) is 5.03 Å². The van der Waals surface area contributed by atoms with Crippen LogP contribution in [0.4, 0.5) is 11.6 Å². The second-order valence-electron chi connectivity index (χ2n) is 3.98. The molecule has 2 rings (SSSR count).